The largest absolute Gasteiger partial charge is 0.441 e. The second-order valence-corrected chi connectivity index (χ2v) is 8.74. The Morgan fingerprint density at radius 1 is 1.20 bits per heavy atom. The molecule has 0 saturated carbocycles. The van der Waals surface area contributed by atoms with Gasteiger partial charge in [0.1, 0.15) is 17.3 Å². The number of rotatable bonds is 8. The van der Waals surface area contributed by atoms with Crippen LogP contribution >= 0.6 is 0 Å². The van der Waals surface area contributed by atoms with Gasteiger partial charge in [-0.1, -0.05) is 38.0 Å². The number of sulfone groups is 1. The van der Waals surface area contributed by atoms with Gasteiger partial charge in [-0.15, -0.1) is 0 Å². The number of aryl methyl sites for hydroxylation is 2. The summed E-state index contributed by atoms with van der Waals surface area (Å²) in [5.74, 6) is 0.102. The standard InChI is InChI=1S/C19H25NO4S/c1-5-13(2)10-17(21)11-25(22,23)12-18-15(4)24-19(20-18)16-8-6-14(3)7-9-16/h6-9,13H,5,10-12H2,1-4H3. The van der Waals surface area contributed by atoms with Crippen molar-refractivity contribution in [2.45, 2.75) is 46.3 Å². The van der Waals surface area contributed by atoms with Crippen molar-refractivity contribution in [3.63, 3.8) is 0 Å². The Morgan fingerprint density at radius 2 is 1.84 bits per heavy atom. The maximum absolute atomic E-state index is 12.3. The predicted molar refractivity (Wildman–Crippen MR) is 98.0 cm³/mol. The molecule has 1 aromatic heterocycles. The highest BCUT2D eigenvalue weighted by molar-refractivity contribution is 7.91. The highest BCUT2D eigenvalue weighted by Crippen LogP contribution is 2.23. The molecule has 0 spiro atoms. The number of benzene rings is 1. The van der Waals surface area contributed by atoms with Gasteiger partial charge in [0.05, 0.1) is 11.4 Å². The highest BCUT2D eigenvalue weighted by Gasteiger charge is 2.22. The second kappa shape index (κ2) is 7.95. The lowest BCUT2D eigenvalue weighted by molar-refractivity contribution is -0.117. The first kappa shape index (κ1) is 19.4. The lowest BCUT2D eigenvalue weighted by atomic mass is 10.0. The molecule has 1 heterocycles. The van der Waals surface area contributed by atoms with E-state index in [0.29, 0.717) is 23.8 Å². The number of hydrogen-bond donors (Lipinski definition) is 0. The fraction of sp³-hybridized carbons (Fsp3) is 0.474. The molecule has 0 saturated heterocycles. The summed E-state index contributed by atoms with van der Waals surface area (Å²) in [6, 6.07) is 7.65. The van der Waals surface area contributed by atoms with Gasteiger partial charge in [0.15, 0.2) is 9.84 Å². The van der Waals surface area contributed by atoms with Crippen LogP contribution in [0.4, 0.5) is 0 Å². The zero-order valence-corrected chi connectivity index (χ0v) is 16.0. The van der Waals surface area contributed by atoms with Crippen molar-refractivity contribution >= 4 is 15.6 Å². The molecule has 6 heteroatoms. The molecule has 0 N–H and O–H groups in total. The van der Waals surface area contributed by atoms with Gasteiger partial charge < -0.3 is 4.42 Å². The number of aromatic nitrogens is 1. The molecule has 136 valence electrons. The lowest BCUT2D eigenvalue weighted by Gasteiger charge is -2.07. The smallest absolute Gasteiger partial charge is 0.226 e. The summed E-state index contributed by atoms with van der Waals surface area (Å²) in [6.07, 6.45) is 1.15. The van der Waals surface area contributed by atoms with Gasteiger partial charge in [0.25, 0.3) is 0 Å². The Labute approximate surface area is 149 Å². The molecule has 0 aliphatic heterocycles. The number of carbonyl (C=O) groups is 1. The van der Waals surface area contributed by atoms with Gasteiger partial charge in [-0.3, -0.25) is 4.79 Å². The summed E-state index contributed by atoms with van der Waals surface area (Å²) < 4.78 is 30.3. The van der Waals surface area contributed by atoms with Gasteiger partial charge in [0, 0.05) is 12.0 Å². The fourth-order valence-corrected chi connectivity index (χ4v) is 3.87. The molecular formula is C19H25NO4S. The molecular weight excluding hydrogens is 338 g/mol. The average Bonchev–Trinajstić information content (AvgIpc) is 2.87. The molecule has 25 heavy (non-hydrogen) atoms. The minimum absolute atomic E-state index is 0.199. The van der Waals surface area contributed by atoms with E-state index >= 15 is 0 Å². The van der Waals surface area contributed by atoms with Gasteiger partial charge in [-0.05, 0) is 31.9 Å². The molecule has 0 bridgehead atoms. The van der Waals surface area contributed by atoms with Crippen LogP contribution in [0.5, 0.6) is 0 Å². The topological polar surface area (TPSA) is 77.2 Å². The molecule has 0 amide bonds. The van der Waals surface area contributed by atoms with E-state index in [9.17, 15) is 13.2 Å². The molecule has 0 aliphatic rings. The summed E-state index contributed by atoms with van der Waals surface area (Å²) in [4.78, 5) is 16.3. The van der Waals surface area contributed by atoms with E-state index in [1.165, 1.54) is 0 Å². The molecule has 2 rings (SSSR count). The van der Waals surface area contributed by atoms with Crippen molar-refractivity contribution in [1.29, 1.82) is 0 Å². The Morgan fingerprint density at radius 3 is 2.44 bits per heavy atom. The van der Waals surface area contributed by atoms with E-state index < -0.39 is 15.6 Å². The van der Waals surface area contributed by atoms with Crippen LogP contribution in [-0.4, -0.2) is 24.9 Å². The first-order valence-electron chi connectivity index (χ1n) is 8.45. The Hall–Kier alpha value is -1.95. The van der Waals surface area contributed by atoms with Crippen LogP contribution in [0.1, 0.15) is 43.7 Å². The summed E-state index contributed by atoms with van der Waals surface area (Å²) in [5, 5.41) is 0. The van der Waals surface area contributed by atoms with Gasteiger partial charge in [-0.2, -0.15) is 0 Å². The quantitative estimate of drug-likeness (QED) is 0.711. The van der Waals surface area contributed by atoms with Crippen LogP contribution in [-0.2, 0) is 20.4 Å². The highest BCUT2D eigenvalue weighted by atomic mass is 32.2. The van der Waals surface area contributed by atoms with Crippen molar-refractivity contribution in [3.8, 4) is 11.5 Å². The third-order valence-corrected chi connectivity index (χ3v) is 5.68. The molecule has 0 aliphatic carbocycles. The minimum atomic E-state index is -3.56. The van der Waals surface area contributed by atoms with Crippen molar-refractivity contribution in [3.05, 3.63) is 41.3 Å². The molecule has 1 aromatic carbocycles. The predicted octanol–water partition coefficient (Wildman–Crippen LogP) is 3.88. The summed E-state index contributed by atoms with van der Waals surface area (Å²) in [7, 11) is -3.56. The van der Waals surface area contributed by atoms with Gasteiger partial charge >= 0.3 is 0 Å². The number of hydrogen-bond acceptors (Lipinski definition) is 5. The van der Waals surface area contributed by atoms with Gasteiger partial charge in [-0.25, -0.2) is 13.4 Å². The maximum Gasteiger partial charge on any atom is 0.226 e. The monoisotopic (exact) mass is 363 g/mol. The lowest BCUT2D eigenvalue weighted by Crippen LogP contribution is -2.19. The Kier molecular flexibility index (Phi) is 6.16. The number of nitrogens with zero attached hydrogens (tertiary/aromatic N) is 1. The molecule has 1 atom stereocenters. The van der Waals surface area contributed by atoms with E-state index in [1.807, 2.05) is 45.0 Å². The first-order valence-corrected chi connectivity index (χ1v) is 10.3. The van der Waals surface area contributed by atoms with Crippen LogP contribution in [0.3, 0.4) is 0 Å². The van der Waals surface area contributed by atoms with E-state index in [2.05, 4.69) is 4.98 Å². The van der Waals surface area contributed by atoms with Crippen LogP contribution < -0.4 is 0 Å². The Bertz CT molecular complexity index is 835. The van der Waals surface area contributed by atoms with E-state index in [1.54, 1.807) is 6.92 Å². The first-order chi connectivity index (χ1) is 11.7. The van der Waals surface area contributed by atoms with Crippen LogP contribution in [0, 0.1) is 19.8 Å². The van der Waals surface area contributed by atoms with Crippen molar-refractivity contribution < 1.29 is 17.6 Å². The summed E-state index contributed by atoms with van der Waals surface area (Å²) >= 11 is 0. The molecule has 5 nitrogen and oxygen atoms in total. The zero-order valence-electron chi connectivity index (χ0n) is 15.2. The summed E-state index contributed by atoms with van der Waals surface area (Å²) in [6.45, 7) is 7.60. The van der Waals surface area contributed by atoms with Crippen LogP contribution in [0.2, 0.25) is 0 Å². The SMILES string of the molecule is CCC(C)CC(=O)CS(=O)(=O)Cc1nc(-c2ccc(C)cc2)oc1C. The van der Waals surface area contributed by atoms with E-state index in [-0.39, 0.29) is 17.5 Å². The molecule has 0 radical (unpaired) electrons. The molecule has 0 fully saturated rings. The number of oxazole rings is 1. The second-order valence-electron chi connectivity index (χ2n) is 6.68. The minimum Gasteiger partial charge on any atom is -0.441 e. The molecule has 2 aromatic rings. The zero-order chi connectivity index (χ0) is 18.6. The average molecular weight is 363 g/mol. The van der Waals surface area contributed by atoms with Gasteiger partial charge in [0.2, 0.25) is 5.89 Å². The Balaban J connectivity index is 2.11. The van der Waals surface area contributed by atoms with E-state index in [4.69, 9.17) is 4.42 Å². The maximum atomic E-state index is 12.3. The van der Waals surface area contributed by atoms with Crippen LogP contribution in [0.15, 0.2) is 28.7 Å². The number of Topliss-reactive ketones (excluding diaryl/α,β-unsaturated/α-hetero) is 1. The molecule has 1 unspecified atom stereocenters. The van der Waals surface area contributed by atoms with E-state index in [0.717, 1.165) is 17.5 Å². The van der Waals surface area contributed by atoms with Crippen molar-refractivity contribution in [2.24, 2.45) is 5.92 Å². The number of ketones is 1. The van der Waals surface area contributed by atoms with Crippen LogP contribution in [0.25, 0.3) is 11.5 Å². The summed E-state index contributed by atoms with van der Waals surface area (Å²) in [5.41, 5.74) is 2.28. The fourth-order valence-electron chi connectivity index (χ4n) is 2.48. The van der Waals surface area contributed by atoms with Crippen molar-refractivity contribution in [1.82, 2.24) is 4.98 Å². The number of carbonyl (C=O) groups excluding carboxylic acids is 1. The normalized spacial score (nSPS) is 13.0. The third-order valence-electron chi connectivity index (χ3n) is 4.20. The third kappa shape index (κ3) is 5.53. The van der Waals surface area contributed by atoms with Crippen molar-refractivity contribution in [2.75, 3.05) is 5.75 Å².